The van der Waals surface area contributed by atoms with Gasteiger partial charge in [0, 0.05) is 22.8 Å². The van der Waals surface area contributed by atoms with E-state index in [2.05, 4.69) is 4.98 Å². The van der Waals surface area contributed by atoms with Crippen molar-refractivity contribution in [3.05, 3.63) is 46.6 Å². The number of aromatic nitrogens is 1. The van der Waals surface area contributed by atoms with Crippen molar-refractivity contribution in [3.63, 3.8) is 0 Å². The van der Waals surface area contributed by atoms with Crippen molar-refractivity contribution in [1.82, 2.24) is 4.98 Å². The van der Waals surface area contributed by atoms with E-state index in [0.717, 1.165) is 6.20 Å². The van der Waals surface area contributed by atoms with Gasteiger partial charge in [-0.05, 0) is 18.2 Å². The summed E-state index contributed by atoms with van der Waals surface area (Å²) >= 11 is 11.6. The third-order valence-electron chi connectivity index (χ3n) is 2.10. The molecule has 1 aromatic heterocycles. The van der Waals surface area contributed by atoms with E-state index in [4.69, 9.17) is 38.6 Å². The van der Waals surface area contributed by atoms with Crippen molar-refractivity contribution in [3.8, 4) is 11.6 Å². The van der Waals surface area contributed by atoms with E-state index in [1.54, 1.807) is 12.1 Å². The molecule has 0 aliphatic carbocycles. The molecule has 0 atom stereocenters. The Morgan fingerprint density at radius 1 is 1.05 bits per heavy atom. The molecular weight excluding hydrogens is 333 g/mol. The second-order valence-electron chi connectivity index (χ2n) is 3.45. The standard InChI is InChI=1S/C11H6Cl3NO3S/c12-9-3-1-7(5-10(9)13)18-11-4-2-8(6-15-11)19(14,16)17/h1-6H. The normalized spacial score (nSPS) is 11.3. The van der Waals surface area contributed by atoms with Gasteiger partial charge in [0.2, 0.25) is 5.88 Å². The van der Waals surface area contributed by atoms with Crippen LogP contribution in [0.25, 0.3) is 0 Å². The van der Waals surface area contributed by atoms with Crippen LogP contribution in [0.3, 0.4) is 0 Å². The summed E-state index contributed by atoms with van der Waals surface area (Å²) in [7, 11) is 1.38. The zero-order chi connectivity index (χ0) is 14.0. The van der Waals surface area contributed by atoms with Gasteiger partial charge in [-0.25, -0.2) is 13.4 Å². The van der Waals surface area contributed by atoms with Crippen LogP contribution in [0.1, 0.15) is 0 Å². The number of ether oxygens (including phenoxy) is 1. The van der Waals surface area contributed by atoms with Gasteiger partial charge in [-0.3, -0.25) is 0 Å². The Kier molecular flexibility index (Phi) is 4.20. The average molecular weight is 339 g/mol. The topological polar surface area (TPSA) is 56.3 Å². The molecule has 0 bridgehead atoms. The van der Waals surface area contributed by atoms with Crippen LogP contribution in [0.5, 0.6) is 11.6 Å². The van der Waals surface area contributed by atoms with Gasteiger partial charge in [0.25, 0.3) is 9.05 Å². The minimum absolute atomic E-state index is 0.101. The second-order valence-corrected chi connectivity index (χ2v) is 6.83. The number of rotatable bonds is 3. The van der Waals surface area contributed by atoms with Crippen LogP contribution in [0, 0.1) is 0 Å². The van der Waals surface area contributed by atoms with Crippen molar-refractivity contribution in [2.45, 2.75) is 4.90 Å². The summed E-state index contributed by atoms with van der Waals surface area (Å²) in [5, 5.41) is 0.754. The molecule has 0 aliphatic heterocycles. The van der Waals surface area contributed by atoms with Gasteiger partial charge in [0.05, 0.1) is 16.2 Å². The van der Waals surface area contributed by atoms with Crippen LogP contribution < -0.4 is 4.74 Å². The Morgan fingerprint density at radius 3 is 2.32 bits per heavy atom. The molecule has 19 heavy (non-hydrogen) atoms. The highest BCUT2D eigenvalue weighted by Gasteiger charge is 2.10. The predicted molar refractivity (Wildman–Crippen MR) is 73.8 cm³/mol. The Bertz CT molecular complexity index is 702. The highest BCUT2D eigenvalue weighted by atomic mass is 35.7. The van der Waals surface area contributed by atoms with Crippen LogP contribution in [-0.2, 0) is 9.05 Å². The molecule has 0 saturated heterocycles. The van der Waals surface area contributed by atoms with Gasteiger partial charge in [-0.1, -0.05) is 23.2 Å². The number of hydrogen-bond acceptors (Lipinski definition) is 4. The molecule has 0 fully saturated rings. The summed E-state index contributed by atoms with van der Waals surface area (Å²) in [6, 6.07) is 7.40. The van der Waals surface area contributed by atoms with Crippen LogP contribution in [0.15, 0.2) is 41.4 Å². The molecule has 0 spiro atoms. The molecule has 4 nitrogen and oxygen atoms in total. The molecule has 0 radical (unpaired) electrons. The summed E-state index contributed by atoms with van der Waals surface area (Å²) in [5.74, 6) is 0.644. The van der Waals surface area contributed by atoms with Crippen molar-refractivity contribution >= 4 is 42.9 Å². The molecule has 2 aromatic rings. The first-order chi connectivity index (χ1) is 8.86. The maximum atomic E-state index is 11.0. The first-order valence-electron chi connectivity index (χ1n) is 4.90. The van der Waals surface area contributed by atoms with Crippen molar-refractivity contribution in [1.29, 1.82) is 0 Å². The zero-order valence-corrected chi connectivity index (χ0v) is 12.3. The van der Waals surface area contributed by atoms with E-state index in [9.17, 15) is 8.42 Å². The molecule has 100 valence electrons. The highest BCUT2D eigenvalue weighted by Crippen LogP contribution is 2.29. The summed E-state index contributed by atoms with van der Waals surface area (Å²) in [6.07, 6.45) is 1.11. The summed E-state index contributed by atoms with van der Waals surface area (Å²) in [5.41, 5.74) is 0. The zero-order valence-electron chi connectivity index (χ0n) is 9.18. The molecule has 1 heterocycles. The van der Waals surface area contributed by atoms with E-state index in [1.165, 1.54) is 18.2 Å². The van der Waals surface area contributed by atoms with Gasteiger partial charge in [-0.15, -0.1) is 0 Å². The van der Waals surface area contributed by atoms with E-state index in [-0.39, 0.29) is 10.8 Å². The smallest absolute Gasteiger partial charge is 0.262 e. The van der Waals surface area contributed by atoms with Gasteiger partial charge in [-0.2, -0.15) is 0 Å². The van der Waals surface area contributed by atoms with Crippen molar-refractivity contribution in [2.75, 3.05) is 0 Å². The molecule has 0 amide bonds. The largest absolute Gasteiger partial charge is 0.439 e. The lowest BCUT2D eigenvalue weighted by Crippen LogP contribution is -1.93. The lowest BCUT2D eigenvalue weighted by Gasteiger charge is -2.05. The maximum Gasteiger partial charge on any atom is 0.262 e. The molecule has 0 aliphatic rings. The Balaban J connectivity index is 2.22. The second kappa shape index (κ2) is 5.54. The molecule has 0 saturated carbocycles. The maximum absolute atomic E-state index is 11.0. The number of pyridine rings is 1. The lowest BCUT2D eigenvalue weighted by molar-refractivity contribution is 0.462. The van der Waals surface area contributed by atoms with Crippen LogP contribution in [0.4, 0.5) is 0 Å². The van der Waals surface area contributed by atoms with Crippen LogP contribution >= 0.6 is 33.9 Å². The van der Waals surface area contributed by atoms with Crippen molar-refractivity contribution < 1.29 is 13.2 Å². The Morgan fingerprint density at radius 2 is 1.79 bits per heavy atom. The van der Waals surface area contributed by atoms with E-state index < -0.39 is 9.05 Å². The first-order valence-corrected chi connectivity index (χ1v) is 7.96. The minimum Gasteiger partial charge on any atom is -0.439 e. The summed E-state index contributed by atoms with van der Waals surface area (Å²) < 4.78 is 27.5. The number of nitrogens with zero attached hydrogens (tertiary/aromatic N) is 1. The van der Waals surface area contributed by atoms with Crippen LogP contribution in [-0.4, -0.2) is 13.4 Å². The van der Waals surface area contributed by atoms with Crippen molar-refractivity contribution in [2.24, 2.45) is 0 Å². The molecule has 0 unspecified atom stereocenters. The number of benzene rings is 1. The Hall–Kier alpha value is -1.01. The fraction of sp³-hybridized carbons (Fsp3) is 0. The van der Waals surface area contributed by atoms with E-state index in [0.29, 0.717) is 15.8 Å². The predicted octanol–water partition coefficient (Wildman–Crippen LogP) is 4.11. The molecular formula is C11H6Cl3NO3S. The lowest BCUT2D eigenvalue weighted by atomic mass is 10.3. The van der Waals surface area contributed by atoms with Crippen LogP contribution in [0.2, 0.25) is 10.0 Å². The van der Waals surface area contributed by atoms with Gasteiger partial charge in [0.1, 0.15) is 10.6 Å². The minimum atomic E-state index is -3.79. The monoisotopic (exact) mass is 337 g/mol. The quantitative estimate of drug-likeness (QED) is 0.790. The number of halogens is 3. The highest BCUT2D eigenvalue weighted by molar-refractivity contribution is 8.13. The molecule has 0 N–H and O–H groups in total. The average Bonchev–Trinajstić information content (AvgIpc) is 2.33. The fourth-order valence-corrected chi connectivity index (χ4v) is 2.20. The van der Waals surface area contributed by atoms with E-state index in [1.807, 2.05) is 0 Å². The third kappa shape index (κ3) is 3.73. The summed E-state index contributed by atoms with van der Waals surface area (Å²) in [4.78, 5) is 3.73. The Labute approximate surface area is 124 Å². The first kappa shape index (κ1) is 14.4. The molecule has 8 heteroatoms. The SMILES string of the molecule is O=S(=O)(Cl)c1ccc(Oc2ccc(Cl)c(Cl)c2)nc1. The fourth-order valence-electron chi connectivity index (χ4n) is 1.23. The van der Waals surface area contributed by atoms with Gasteiger partial charge in [0.15, 0.2) is 0 Å². The number of hydrogen-bond donors (Lipinski definition) is 0. The van der Waals surface area contributed by atoms with Gasteiger partial charge < -0.3 is 4.74 Å². The third-order valence-corrected chi connectivity index (χ3v) is 4.18. The van der Waals surface area contributed by atoms with Gasteiger partial charge >= 0.3 is 0 Å². The summed E-state index contributed by atoms with van der Waals surface area (Å²) in [6.45, 7) is 0. The molecule has 2 rings (SSSR count). The molecule has 1 aromatic carbocycles. The van der Waals surface area contributed by atoms with E-state index >= 15 is 0 Å².